The summed E-state index contributed by atoms with van der Waals surface area (Å²) in [5.74, 6) is 1.23. The van der Waals surface area contributed by atoms with Crippen molar-refractivity contribution >= 4 is 11.7 Å². The molecule has 0 N–H and O–H groups in total. The lowest BCUT2D eigenvalue weighted by Gasteiger charge is -2.12. The highest BCUT2D eigenvalue weighted by Gasteiger charge is 2.23. The summed E-state index contributed by atoms with van der Waals surface area (Å²) in [4.78, 5) is 12.3. The third kappa shape index (κ3) is 4.63. The van der Waals surface area contributed by atoms with E-state index in [-0.39, 0.29) is 6.61 Å². The van der Waals surface area contributed by atoms with Crippen molar-refractivity contribution in [1.82, 2.24) is 0 Å². The Morgan fingerprint density at radius 1 is 0.933 bits per heavy atom. The Bertz CT molecular complexity index is 1040. The Morgan fingerprint density at radius 2 is 1.60 bits per heavy atom. The van der Waals surface area contributed by atoms with Gasteiger partial charge in [0.1, 0.15) is 25.6 Å². The van der Waals surface area contributed by atoms with Gasteiger partial charge in [-0.15, -0.1) is 0 Å². The summed E-state index contributed by atoms with van der Waals surface area (Å²) in [6.45, 7) is 0.988. The van der Waals surface area contributed by atoms with Crippen LogP contribution in [0.25, 0.3) is 5.76 Å². The maximum Gasteiger partial charge on any atom is 0.334 e. The third-order valence-electron chi connectivity index (χ3n) is 4.75. The summed E-state index contributed by atoms with van der Waals surface area (Å²) in [6, 6.07) is 23.2. The van der Waals surface area contributed by atoms with Gasteiger partial charge in [0.25, 0.3) is 0 Å². The van der Waals surface area contributed by atoms with Gasteiger partial charge in [-0.2, -0.15) is 0 Å². The summed E-state index contributed by atoms with van der Waals surface area (Å²) < 4.78 is 22.5. The highest BCUT2D eigenvalue weighted by molar-refractivity contribution is 5.91. The minimum atomic E-state index is -0.454. The SMILES string of the molecule is COc1cc2c(cc1OCc1ccccc1)/C(=C/C(=O)OCc1ccccc1)OC2. The van der Waals surface area contributed by atoms with E-state index < -0.39 is 5.97 Å². The van der Waals surface area contributed by atoms with Gasteiger partial charge in [-0.25, -0.2) is 4.79 Å². The minimum absolute atomic E-state index is 0.213. The predicted molar refractivity (Wildman–Crippen MR) is 113 cm³/mol. The minimum Gasteiger partial charge on any atom is -0.493 e. The molecule has 0 saturated heterocycles. The van der Waals surface area contributed by atoms with Crippen molar-refractivity contribution in [2.75, 3.05) is 7.11 Å². The highest BCUT2D eigenvalue weighted by atomic mass is 16.5. The molecule has 3 aromatic carbocycles. The lowest BCUT2D eigenvalue weighted by Crippen LogP contribution is -2.02. The fraction of sp³-hybridized carbons (Fsp3) is 0.160. The van der Waals surface area contributed by atoms with Crippen LogP contribution in [0.3, 0.4) is 0 Å². The molecule has 1 aliphatic heterocycles. The molecule has 30 heavy (non-hydrogen) atoms. The van der Waals surface area contributed by atoms with Gasteiger partial charge >= 0.3 is 5.97 Å². The molecule has 0 aromatic heterocycles. The highest BCUT2D eigenvalue weighted by Crippen LogP contribution is 2.39. The van der Waals surface area contributed by atoms with E-state index in [0.29, 0.717) is 30.5 Å². The molecular formula is C25H22O5. The Kier molecular flexibility index (Phi) is 5.99. The van der Waals surface area contributed by atoms with Gasteiger partial charge in [-0.05, 0) is 23.3 Å². The Labute approximate surface area is 175 Å². The molecule has 0 unspecified atom stereocenters. The largest absolute Gasteiger partial charge is 0.493 e. The number of ether oxygens (including phenoxy) is 4. The lowest BCUT2D eigenvalue weighted by molar-refractivity contribution is -0.139. The zero-order valence-electron chi connectivity index (χ0n) is 16.7. The quantitative estimate of drug-likeness (QED) is 0.416. The van der Waals surface area contributed by atoms with Crippen molar-refractivity contribution in [3.05, 3.63) is 101 Å². The van der Waals surface area contributed by atoms with Crippen LogP contribution in [0, 0.1) is 0 Å². The summed E-state index contributed by atoms with van der Waals surface area (Å²) in [6.07, 6.45) is 1.38. The Morgan fingerprint density at radius 3 is 2.27 bits per heavy atom. The normalized spacial score (nSPS) is 13.4. The molecule has 0 atom stereocenters. The van der Waals surface area contributed by atoms with E-state index >= 15 is 0 Å². The van der Waals surface area contributed by atoms with E-state index in [4.69, 9.17) is 18.9 Å². The van der Waals surface area contributed by atoms with Crippen LogP contribution >= 0.6 is 0 Å². The van der Waals surface area contributed by atoms with Gasteiger partial charge in [0.2, 0.25) is 0 Å². The molecule has 5 heteroatoms. The number of rotatable bonds is 7. The van der Waals surface area contributed by atoms with E-state index in [0.717, 1.165) is 22.3 Å². The van der Waals surface area contributed by atoms with Gasteiger partial charge < -0.3 is 18.9 Å². The first kappa shape index (κ1) is 19.6. The molecule has 1 aliphatic rings. The topological polar surface area (TPSA) is 54.0 Å². The van der Waals surface area contributed by atoms with E-state index in [1.807, 2.05) is 72.8 Å². The number of methoxy groups -OCH3 is 1. The number of esters is 1. The van der Waals surface area contributed by atoms with Crippen LogP contribution in [-0.2, 0) is 34.1 Å². The van der Waals surface area contributed by atoms with Crippen molar-refractivity contribution < 1.29 is 23.7 Å². The molecule has 0 saturated carbocycles. The van der Waals surface area contributed by atoms with Crippen molar-refractivity contribution in [2.24, 2.45) is 0 Å². The fourth-order valence-corrected chi connectivity index (χ4v) is 3.19. The average molecular weight is 402 g/mol. The van der Waals surface area contributed by atoms with E-state index in [1.54, 1.807) is 7.11 Å². The monoisotopic (exact) mass is 402 g/mol. The second-order valence-corrected chi connectivity index (χ2v) is 6.83. The predicted octanol–water partition coefficient (Wildman–Crippen LogP) is 4.89. The second-order valence-electron chi connectivity index (χ2n) is 6.83. The van der Waals surface area contributed by atoms with Crippen LogP contribution < -0.4 is 9.47 Å². The van der Waals surface area contributed by atoms with Crippen molar-refractivity contribution in [2.45, 2.75) is 19.8 Å². The Balaban J connectivity index is 1.49. The van der Waals surface area contributed by atoms with Crippen molar-refractivity contribution in [1.29, 1.82) is 0 Å². The van der Waals surface area contributed by atoms with Crippen molar-refractivity contribution in [3.8, 4) is 11.5 Å². The molecule has 0 spiro atoms. The van der Waals surface area contributed by atoms with E-state index in [1.165, 1.54) is 6.08 Å². The standard InChI is InChI=1S/C25H22O5/c1-27-23-12-20-17-29-22(14-25(26)30-16-19-10-6-3-7-11-19)21(20)13-24(23)28-15-18-8-4-2-5-9-18/h2-14H,15-17H2,1H3/b22-14-. The summed E-state index contributed by atoms with van der Waals surface area (Å²) in [7, 11) is 1.60. The summed E-state index contributed by atoms with van der Waals surface area (Å²) in [5.41, 5.74) is 3.71. The van der Waals surface area contributed by atoms with Crippen LogP contribution in [0.1, 0.15) is 22.3 Å². The molecule has 4 rings (SSSR count). The molecule has 0 bridgehead atoms. The number of benzene rings is 3. The van der Waals surface area contributed by atoms with Crippen LogP contribution in [0.2, 0.25) is 0 Å². The number of fused-ring (bicyclic) bond motifs is 1. The third-order valence-corrected chi connectivity index (χ3v) is 4.75. The van der Waals surface area contributed by atoms with Crippen LogP contribution in [-0.4, -0.2) is 13.1 Å². The fourth-order valence-electron chi connectivity index (χ4n) is 3.19. The second kappa shape index (κ2) is 9.18. The maximum atomic E-state index is 12.3. The summed E-state index contributed by atoms with van der Waals surface area (Å²) in [5, 5.41) is 0. The smallest absolute Gasteiger partial charge is 0.334 e. The van der Waals surface area contributed by atoms with Crippen LogP contribution in [0.5, 0.6) is 11.5 Å². The molecule has 5 nitrogen and oxygen atoms in total. The zero-order valence-corrected chi connectivity index (χ0v) is 16.7. The molecule has 0 amide bonds. The van der Waals surface area contributed by atoms with Crippen LogP contribution in [0.4, 0.5) is 0 Å². The van der Waals surface area contributed by atoms with Crippen LogP contribution in [0.15, 0.2) is 78.9 Å². The Hall–Kier alpha value is -3.73. The number of hydrogen-bond donors (Lipinski definition) is 0. The number of carbonyl (C=O) groups is 1. The molecule has 152 valence electrons. The van der Waals surface area contributed by atoms with E-state index in [2.05, 4.69) is 0 Å². The van der Waals surface area contributed by atoms with Crippen molar-refractivity contribution in [3.63, 3.8) is 0 Å². The van der Waals surface area contributed by atoms with Gasteiger partial charge in [0.15, 0.2) is 11.5 Å². The van der Waals surface area contributed by atoms with Gasteiger partial charge in [-0.3, -0.25) is 0 Å². The molecule has 0 aliphatic carbocycles. The average Bonchev–Trinajstić information content (AvgIpc) is 3.18. The molecule has 3 aromatic rings. The first-order chi connectivity index (χ1) is 14.7. The first-order valence-corrected chi connectivity index (χ1v) is 9.66. The number of hydrogen-bond acceptors (Lipinski definition) is 5. The maximum absolute atomic E-state index is 12.3. The molecule has 0 radical (unpaired) electrons. The van der Waals surface area contributed by atoms with Gasteiger partial charge in [-0.1, -0.05) is 60.7 Å². The summed E-state index contributed by atoms with van der Waals surface area (Å²) >= 11 is 0. The molecule has 0 fully saturated rings. The lowest BCUT2D eigenvalue weighted by atomic mass is 10.1. The van der Waals surface area contributed by atoms with Gasteiger partial charge in [0, 0.05) is 11.1 Å². The van der Waals surface area contributed by atoms with E-state index in [9.17, 15) is 4.79 Å². The number of carbonyl (C=O) groups excluding carboxylic acids is 1. The molecule has 1 heterocycles. The van der Waals surface area contributed by atoms with Gasteiger partial charge in [0.05, 0.1) is 13.2 Å². The molecular weight excluding hydrogens is 380 g/mol. The zero-order chi connectivity index (χ0) is 20.8. The first-order valence-electron chi connectivity index (χ1n) is 9.66.